The molecule has 0 aliphatic heterocycles. The maximum absolute atomic E-state index is 10.6. The second kappa shape index (κ2) is 8.09. The van der Waals surface area contributed by atoms with Crippen molar-refractivity contribution in [3.05, 3.63) is 60.2 Å². The third-order valence-corrected chi connectivity index (χ3v) is 9.36. The van der Waals surface area contributed by atoms with Crippen LogP contribution in [-0.2, 0) is 11.0 Å². The zero-order valence-electron chi connectivity index (χ0n) is 17.1. The zero-order valence-corrected chi connectivity index (χ0v) is 18.1. The topological polar surface area (TPSA) is 47.9 Å². The zero-order chi connectivity index (χ0) is 20.2. The van der Waals surface area contributed by atoms with Gasteiger partial charge in [-0.05, 0) is 23.7 Å². The predicted molar refractivity (Wildman–Crippen MR) is 113 cm³/mol. The summed E-state index contributed by atoms with van der Waals surface area (Å²) >= 11 is 0. The van der Waals surface area contributed by atoms with E-state index in [4.69, 9.17) is 13.9 Å². The molecule has 0 spiro atoms. The van der Waals surface area contributed by atoms with Crippen molar-refractivity contribution >= 4 is 14.1 Å². The average molecular weight is 387 g/mol. The van der Waals surface area contributed by atoms with Crippen molar-refractivity contribution in [3.63, 3.8) is 0 Å². The SMILES string of the molecule is C=C(O[Si](C)(C)C(C)(C)C)c1c(O)cc(OCc2ccccc2)cc1OC. The van der Waals surface area contributed by atoms with Gasteiger partial charge in [0, 0.05) is 12.1 Å². The van der Waals surface area contributed by atoms with Crippen LogP contribution in [0.25, 0.3) is 5.76 Å². The highest BCUT2D eigenvalue weighted by Crippen LogP contribution is 2.43. The second-order valence-electron chi connectivity index (χ2n) is 8.08. The minimum Gasteiger partial charge on any atom is -0.543 e. The Morgan fingerprint density at radius 3 is 2.30 bits per heavy atom. The van der Waals surface area contributed by atoms with E-state index in [0.717, 1.165) is 5.56 Å². The second-order valence-corrected chi connectivity index (χ2v) is 12.8. The summed E-state index contributed by atoms with van der Waals surface area (Å²) < 4.78 is 17.5. The quantitative estimate of drug-likeness (QED) is 0.470. The van der Waals surface area contributed by atoms with Gasteiger partial charge in [0.25, 0.3) is 0 Å². The molecule has 0 heterocycles. The molecule has 5 heteroatoms. The number of ether oxygens (including phenoxy) is 2. The van der Waals surface area contributed by atoms with Gasteiger partial charge in [-0.25, -0.2) is 0 Å². The van der Waals surface area contributed by atoms with E-state index in [1.807, 2.05) is 30.3 Å². The lowest BCUT2D eigenvalue weighted by Gasteiger charge is -2.37. The van der Waals surface area contributed by atoms with Crippen molar-refractivity contribution in [2.24, 2.45) is 0 Å². The van der Waals surface area contributed by atoms with Gasteiger partial charge in [0.2, 0.25) is 8.32 Å². The van der Waals surface area contributed by atoms with Crippen LogP contribution in [0, 0.1) is 0 Å². The molecule has 0 fully saturated rings. The van der Waals surface area contributed by atoms with E-state index in [0.29, 0.717) is 29.4 Å². The van der Waals surface area contributed by atoms with Gasteiger partial charge in [-0.1, -0.05) is 57.7 Å². The molecule has 0 atom stereocenters. The summed E-state index contributed by atoms with van der Waals surface area (Å²) in [6.07, 6.45) is 0. The van der Waals surface area contributed by atoms with E-state index in [1.165, 1.54) is 0 Å². The number of phenols is 1. The summed E-state index contributed by atoms with van der Waals surface area (Å²) in [4.78, 5) is 0. The molecular formula is C22H30O4Si. The van der Waals surface area contributed by atoms with Crippen molar-refractivity contribution in [3.8, 4) is 17.2 Å². The van der Waals surface area contributed by atoms with Crippen molar-refractivity contribution in [1.29, 1.82) is 0 Å². The van der Waals surface area contributed by atoms with E-state index in [-0.39, 0.29) is 10.8 Å². The van der Waals surface area contributed by atoms with Crippen LogP contribution in [-0.4, -0.2) is 20.5 Å². The number of rotatable bonds is 7. The van der Waals surface area contributed by atoms with Gasteiger partial charge in [-0.2, -0.15) is 0 Å². The number of aromatic hydroxyl groups is 1. The van der Waals surface area contributed by atoms with Gasteiger partial charge in [0.1, 0.15) is 29.6 Å². The minimum atomic E-state index is -2.08. The van der Waals surface area contributed by atoms with Gasteiger partial charge >= 0.3 is 0 Å². The van der Waals surface area contributed by atoms with Crippen LogP contribution in [0.3, 0.4) is 0 Å². The Hall–Kier alpha value is -2.40. The summed E-state index contributed by atoms with van der Waals surface area (Å²) in [5.74, 6) is 1.45. The summed E-state index contributed by atoms with van der Waals surface area (Å²) in [7, 11) is -0.525. The van der Waals surface area contributed by atoms with E-state index in [1.54, 1.807) is 19.2 Å². The molecule has 0 saturated carbocycles. The summed E-state index contributed by atoms with van der Waals surface area (Å²) in [6.45, 7) is 15.2. The molecule has 0 radical (unpaired) electrons. The third-order valence-electron chi connectivity index (χ3n) is 4.99. The Balaban J connectivity index is 2.24. The van der Waals surface area contributed by atoms with Gasteiger partial charge < -0.3 is 19.0 Å². The fourth-order valence-corrected chi connectivity index (χ4v) is 3.38. The Bertz CT molecular complexity index is 792. The highest BCUT2D eigenvalue weighted by atomic mass is 28.4. The maximum Gasteiger partial charge on any atom is 0.250 e. The van der Waals surface area contributed by atoms with Crippen LogP contribution in [0.2, 0.25) is 18.1 Å². The summed E-state index contributed by atoms with van der Waals surface area (Å²) in [5, 5.41) is 10.6. The molecular weight excluding hydrogens is 356 g/mol. The molecule has 0 amide bonds. The van der Waals surface area contributed by atoms with Crippen molar-refractivity contribution in [2.45, 2.75) is 45.5 Å². The molecule has 0 aromatic heterocycles. The molecule has 0 aliphatic rings. The van der Waals surface area contributed by atoms with E-state index in [2.05, 4.69) is 40.4 Å². The fraction of sp³-hybridized carbons (Fsp3) is 0.364. The molecule has 0 aliphatic carbocycles. The number of hydrogen-bond acceptors (Lipinski definition) is 4. The first-order valence-electron chi connectivity index (χ1n) is 9.01. The van der Waals surface area contributed by atoms with Gasteiger partial charge in [-0.15, -0.1) is 0 Å². The summed E-state index contributed by atoms with van der Waals surface area (Å²) in [6, 6.07) is 13.2. The number of hydrogen-bond donors (Lipinski definition) is 1. The number of methoxy groups -OCH3 is 1. The molecule has 1 N–H and O–H groups in total. The first-order chi connectivity index (χ1) is 12.5. The first-order valence-corrected chi connectivity index (χ1v) is 11.9. The van der Waals surface area contributed by atoms with Crippen LogP contribution in [0.15, 0.2) is 49.0 Å². The van der Waals surface area contributed by atoms with Crippen LogP contribution in [0.4, 0.5) is 0 Å². The van der Waals surface area contributed by atoms with Gasteiger partial charge in [0.15, 0.2) is 0 Å². The molecule has 0 bridgehead atoms. The average Bonchev–Trinajstić information content (AvgIpc) is 2.58. The summed E-state index contributed by atoms with van der Waals surface area (Å²) in [5.41, 5.74) is 1.51. The molecule has 2 rings (SSSR count). The minimum absolute atomic E-state index is 0.0253. The van der Waals surface area contributed by atoms with Crippen LogP contribution in [0.1, 0.15) is 31.9 Å². The molecule has 0 saturated heterocycles. The fourth-order valence-electron chi connectivity index (χ4n) is 2.35. The first kappa shape index (κ1) is 20.9. The lowest BCUT2D eigenvalue weighted by Crippen LogP contribution is -2.40. The third kappa shape index (κ3) is 5.07. The molecule has 0 unspecified atom stereocenters. The lowest BCUT2D eigenvalue weighted by atomic mass is 10.1. The van der Waals surface area contributed by atoms with E-state index in [9.17, 15) is 5.11 Å². The molecule has 146 valence electrons. The normalized spacial score (nSPS) is 11.8. The van der Waals surface area contributed by atoms with Crippen LogP contribution >= 0.6 is 0 Å². The number of benzene rings is 2. The Morgan fingerprint density at radius 1 is 1.11 bits per heavy atom. The van der Waals surface area contributed by atoms with Gasteiger partial charge in [-0.3, -0.25) is 0 Å². The van der Waals surface area contributed by atoms with E-state index < -0.39 is 8.32 Å². The van der Waals surface area contributed by atoms with E-state index >= 15 is 0 Å². The Labute approximate surface area is 163 Å². The molecule has 2 aromatic rings. The highest BCUT2D eigenvalue weighted by molar-refractivity contribution is 6.74. The lowest BCUT2D eigenvalue weighted by molar-refractivity contribution is 0.301. The number of phenolic OH excluding ortho intramolecular Hbond substituents is 1. The maximum atomic E-state index is 10.6. The van der Waals surface area contributed by atoms with Crippen LogP contribution in [0.5, 0.6) is 17.2 Å². The highest BCUT2D eigenvalue weighted by Gasteiger charge is 2.39. The smallest absolute Gasteiger partial charge is 0.250 e. The molecule has 27 heavy (non-hydrogen) atoms. The van der Waals surface area contributed by atoms with Crippen LogP contribution < -0.4 is 9.47 Å². The molecule has 2 aromatic carbocycles. The Morgan fingerprint density at radius 2 is 1.74 bits per heavy atom. The monoisotopic (exact) mass is 386 g/mol. The largest absolute Gasteiger partial charge is 0.543 e. The van der Waals surface area contributed by atoms with Crippen molar-refractivity contribution in [1.82, 2.24) is 0 Å². The van der Waals surface area contributed by atoms with Crippen molar-refractivity contribution < 1.29 is 19.0 Å². The standard InChI is InChI=1S/C22H30O4Si/c1-16(26-27(6,7)22(2,3)4)21-19(23)13-18(14-20(21)24-5)25-15-17-11-9-8-10-12-17/h8-14,23H,1,15H2,2-7H3. The molecule has 4 nitrogen and oxygen atoms in total. The van der Waals surface area contributed by atoms with Crippen molar-refractivity contribution in [2.75, 3.05) is 7.11 Å². The van der Waals surface area contributed by atoms with Gasteiger partial charge in [0.05, 0.1) is 12.7 Å². The Kier molecular flexibility index (Phi) is 6.26. The predicted octanol–water partition coefficient (Wildman–Crippen LogP) is 5.97.